The second-order valence-corrected chi connectivity index (χ2v) is 7.47. The first-order chi connectivity index (χ1) is 12.6. The first kappa shape index (κ1) is 15.8. The van der Waals surface area contributed by atoms with Gasteiger partial charge in [-0.15, -0.1) is 0 Å². The molecule has 4 nitrogen and oxygen atoms in total. The fraction of sp³-hybridized carbons (Fsp3) is 0.286. The number of carbonyl (C=O) groups excluding carboxylic acids is 1. The Hall–Kier alpha value is -2.46. The molecule has 0 amide bonds. The van der Waals surface area contributed by atoms with Gasteiger partial charge in [0.05, 0.1) is 6.04 Å². The average Bonchev–Trinajstić information content (AvgIpc) is 3.29. The number of anilines is 1. The number of hydrogen-bond donors (Lipinski definition) is 1. The van der Waals surface area contributed by atoms with Crippen LogP contribution in [0.4, 0.5) is 5.69 Å². The predicted octanol–water partition coefficient (Wildman–Crippen LogP) is 5.10. The number of rotatable bonds is 2. The molecule has 0 saturated heterocycles. The molecule has 0 bridgehead atoms. The van der Waals surface area contributed by atoms with Gasteiger partial charge in [-0.25, -0.2) is 0 Å². The lowest BCUT2D eigenvalue weighted by atomic mass is 9.76. The average molecular weight is 368 g/mol. The standard InChI is InChI=1S/C21H18ClNO3/c1-11(24)12-5-6-18-15(7-12)13-3-2-4-14(13)21(23-18)16-8-19-20(9-17(16)22)26-10-25-19/h2-3,5-9,13-14,21,23H,4,10H2,1H3. The van der Waals surface area contributed by atoms with Gasteiger partial charge in [0.2, 0.25) is 6.79 Å². The Morgan fingerprint density at radius 1 is 1.15 bits per heavy atom. The van der Waals surface area contributed by atoms with E-state index in [-0.39, 0.29) is 24.5 Å². The van der Waals surface area contributed by atoms with E-state index in [1.807, 2.05) is 30.3 Å². The van der Waals surface area contributed by atoms with Gasteiger partial charge in [0.25, 0.3) is 0 Å². The molecule has 2 aromatic carbocycles. The molecule has 26 heavy (non-hydrogen) atoms. The summed E-state index contributed by atoms with van der Waals surface area (Å²) in [7, 11) is 0. The molecule has 1 N–H and O–H groups in total. The Kier molecular flexibility index (Phi) is 3.50. The summed E-state index contributed by atoms with van der Waals surface area (Å²) in [6.07, 6.45) is 5.44. The lowest BCUT2D eigenvalue weighted by molar-refractivity contribution is 0.101. The highest BCUT2D eigenvalue weighted by atomic mass is 35.5. The first-order valence-corrected chi connectivity index (χ1v) is 9.17. The van der Waals surface area contributed by atoms with Crippen molar-refractivity contribution in [1.82, 2.24) is 0 Å². The third-order valence-electron chi connectivity index (χ3n) is 5.60. The second-order valence-electron chi connectivity index (χ2n) is 7.06. The van der Waals surface area contributed by atoms with Crippen molar-refractivity contribution >= 4 is 23.1 Å². The number of ketones is 1. The van der Waals surface area contributed by atoms with Gasteiger partial charge in [0, 0.05) is 28.3 Å². The van der Waals surface area contributed by atoms with E-state index in [1.165, 1.54) is 5.56 Å². The SMILES string of the molecule is CC(=O)c1ccc2c(c1)C1C=CCC1C(c1cc3c(cc1Cl)OCO3)N2. The summed E-state index contributed by atoms with van der Waals surface area (Å²) >= 11 is 6.58. The number of allylic oxidation sites excluding steroid dienone is 2. The van der Waals surface area contributed by atoms with Crippen molar-refractivity contribution in [2.24, 2.45) is 5.92 Å². The molecule has 0 saturated carbocycles. The first-order valence-electron chi connectivity index (χ1n) is 8.79. The van der Waals surface area contributed by atoms with E-state index in [2.05, 4.69) is 17.5 Å². The van der Waals surface area contributed by atoms with Crippen molar-refractivity contribution in [2.75, 3.05) is 12.1 Å². The van der Waals surface area contributed by atoms with Crippen LogP contribution in [-0.2, 0) is 0 Å². The number of halogens is 1. The van der Waals surface area contributed by atoms with Crippen molar-refractivity contribution in [3.8, 4) is 11.5 Å². The Labute approximate surface area is 156 Å². The molecule has 0 radical (unpaired) electrons. The number of nitrogens with one attached hydrogen (secondary N) is 1. The largest absolute Gasteiger partial charge is 0.454 e. The van der Waals surface area contributed by atoms with E-state index < -0.39 is 0 Å². The van der Waals surface area contributed by atoms with E-state index in [0.717, 1.165) is 29.0 Å². The van der Waals surface area contributed by atoms with Crippen molar-refractivity contribution < 1.29 is 14.3 Å². The zero-order valence-corrected chi connectivity index (χ0v) is 15.0. The topological polar surface area (TPSA) is 47.6 Å². The van der Waals surface area contributed by atoms with Crippen LogP contribution in [-0.4, -0.2) is 12.6 Å². The van der Waals surface area contributed by atoms with Crippen molar-refractivity contribution in [3.05, 3.63) is 64.2 Å². The number of ether oxygens (including phenoxy) is 2. The van der Waals surface area contributed by atoms with Crippen LogP contribution in [0.2, 0.25) is 5.02 Å². The number of Topliss-reactive ketones (excluding diaryl/α,β-unsaturated/α-hetero) is 1. The molecule has 3 atom stereocenters. The van der Waals surface area contributed by atoms with Gasteiger partial charge in [-0.3, -0.25) is 4.79 Å². The third kappa shape index (κ3) is 2.32. The normalized spacial score (nSPS) is 24.8. The molecule has 0 spiro atoms. The fourth-order valence-electron chi connectivity index (χ4n) is 4.29. The lowest BCUT2D eigenvalue weighted by Crippen LogP contribution is -2.29. The molecule has 2 heterocycles. The zero-order valence-electron chi connectivity index (χ0n) is 14.3. The quantitative estimate of drug-likeness (QED) is 0.592. The Morgan fingerprint density at radius 2 is 1.96 bits per heavy atom. The summed E-state index contributed by atoms with van der Waals surface area (Å²) in [5.74, 6) is 2.15. The maximum atomic E-state index is 11.8. The van der Waals surface area contributed by atoms with E-state index in [1.54, 1.807) is 6.92 Å². The summed E-state index contributed by atoms with van der Waals surface area (Å²) in [6.45, 7) is 1.84. The molecule has 3 aliphatic rings. The van der Waals surface area contributed by atoms with Crippen LogP contribution in [0.3, 0.4) is 0 Å². The minimum absolute atomic E-state index is 0.0766. The number of carbonyl (C=O) groups is 1. The van der Waals surface area contributed by atoms with Gasteiger partial charge in [0.1, 0.15) is 0 Å². The highest BCUT2D eigenvalue weighted by Crippen LogP contribution is 2.52. The number of benzene rings is 2. The maximum absolute atomic E-state index is 11.8. The molecule has 5 rings (SSSR count). The molecule has 1 aliphatic carbocycles. The lowest BCUT2D eigenvalue weighted by Gasteiger charge is -2.38. The highest BCUT2D eigenvalue weighted by molar-refractivity contribution is 6.31. The molecule has 5 heteroatoms. The molecule has 0 aromatic heterocycles. The monoisotopic (exact) mass is 367 g/mol. The maximum Gasteiger partial charge on any atom is 0.231 e. The molecule has 2 aromatic rings. The van der Waals surface area contributed by atoms with Gasteiger partial charge in [-0.1, -0.05) is 23.8 Å². The summed E-state index contributed by atoms with van der Waals surface area (Å²) in [4.78, 5) is 11.8. The zero-order chi connectivity index (χ0) is 17.8. The molecule has 0 fully saturated rings. The van der Waals surface area contributed by atoms with Gasteiger partial charge >= 0.3 is 0 Å². The Balaban J connectivity index is 1.59. The van der Waals surface area contributed by atoms with Crippen molar-refractivity contribution in [1.29, 1.82) is 0 Å². The molecule has 2 aliphatic heterocycles. The second kappa shape index (κ2) is 5.78. The van der Waals surface area contributed by atoms with Crippen molar-refractivity contribution in [2.45, 2.75) is 25.3 Å². The summed E-state index contributed by atoms with van der Waals surface area (Å²) in [5, 5.41) is 4.33. The van der Waals surface area contributed by atoms with E-state index in [0.29, 0.717) is 16.7 Å². The van der Waals surface area contributed by atoms with Gasteiger partial charge in [-0.2, -0.15) is 0 Å². The molecular formula is C21H18ClNO3. The van der Waals surface area contributed by atoms with Crippen LogP contribution in [0.1, 0.15) is 46.8 Å². The van der Waals surface area contributed by atoms with Crippen LogP contribution in [0, 0.1) is 5.92 Å². The number of fused-ring (bicyclic) bond motifs is 4. The molecular weight excluding hydrogens is 350 g/mol. The fourth-order valence-corrected chi connectivity index (χ4v) is 4.56. The Morgan fingerprint density at radius 3 is 2.77 bits per heavy atom. The predicted molar refractivity (Wildman–Crippen MR) is 100 cm³/mol. The molecule has 132 valence electrons. The number of hydrogen-bond acceptors (Lipinski definition) is 4. The summed E-state index contributed by atoms with van der Waals surface area (Å²) in [5.41, 5.74) is 4.02. The van der Waals surface area contributed by atoms with Crippen LogP contribution < -0.4 is 14.8 Å². The van der Waals surface area contributed by atoms with Crippen LogP contribution >= 0.6 is 11.6 Å². The highest BCUT2D eigenvalue weighted by Gasteiger charge is 2.39. The van der Waals surface area contributed by atoms with E-state index >= 15 is 0 Å². The van der Waals surface area contributed by atoms with Gasteiger partial charge < -0.3 is 14.8 Å². The summed E-state index contributed by atoms with van der Waals surface area (Å²) < 4.78 is 11.0. The Bertz CT molecular complexity index is 953. The summed E-state index contributed by atoms with van der Waals surface area (Å²) in [6, 6.07) is 9.82. The third-order valence-corrected chi connectivity index (χ3v) is 5.92. The minimum Gasteiger partial charge on any atom is -0.454 e. The van der Waals surface area contributed by atoms with Crippen LogP contribution in [0.5, 0.6) is 11.5 Å². The minimum atomic E-state index is 0.0766. The van der Waals surface area contributed by atoms with E-state index in [4.69, 9.17) is 21.1 Å². The molecule has 3 unspecified atom stereocenters. The van der Waals surface area contributed by atoms with Crippen molar-refractivity contribution in [3.63, 3.8) is 0 Å². The van der Waals surface area contributed by atoms with Crippen LogP contribution in [0.15, 0.2) is 42.5 Å². The van der Waals surface area contributed by atoms with Gasteiger partial charge in [-0.05, 0) is 54.7 Å². The smallest absolute Gasteiger partial charge is 0.231 e. The van der Waals surface area contributed by atoms with E-state index in [9.17, 15) is 4.79 Å². The van der Waals surface area contributed by atoms with Crippen LogP contribution in [0.25, 0.3) is 0 Å². The van der Waals surface area contributed by atoms with Gasteiger partial charge in [0.15, 0.2) is 17.3 Å².